The van der Waals surface area contributed by atoms with E-state index >= 15 is 0 Å². The zero-order valence-electron chi connectivity index (χ0n) is 17.7. The molecule has 1 amide bonds. The molecular weight excluding hydrogens is 388 g/mol. The maximum absolute atomic E-state index is 12.3. The fraction of sp³-hybridized carbons (Fsp3) is 0.320. The molecule has 1 fully saturated rings. The van der Waals surface area contributed by atoms with Crippen LogP contribution in [-0.4, -0.2) is 35.3 Å². The zero-order valence-corrected chi connectivity index (χ0v) is 17.7. The second kappa shape index (κ2) is 10.1. The lowest BCUT2D eigenvalue weighted by molar-refractivity contribution is -0.121. The maximum atomic E-state index is 12.3. The molecule has 0 aliphatic carbocycles. The van der Waals surface area contributed by atoms with Crippen LogP contribution in [0.4, 0.5) is 5.69 Å². The Morgan fingerprint density at radius 1 is 0.903 bits per heavy atom. The molecule has 31 heavy (non-hydrogen) atoms. The summed E-state index contributed by atoms with van der Waals surface area (Å²) in [6, 6.07) is 21.4. The van der Waals surface area contributed by atoms with E-state index in [4.69, 9.17) is 0 Å². The van der Waals surface area contributed by atoms with E-state index in [-0.39, 0.29) is 18.0 Å². The number of rotatable bonds is 7. The Morgan fingerprint density at radius 2 is 1.65 bits per heavy atom. The summed E-state index contributed by atoms with van der Waals surface area (Å²) in [4.78, 5) is 26.9. The molecule has 4 rings (SSSR count). The highest BCUT2D eigenvalue weighted by molar-refractivity contribution is 5.75. The molecule has 0 spiro atoms. The first-order valence-corrected chi connectivity index (χ1v) is 10.9. The number of carbonyl (C=O) groups excluding carboxylic acids is 1. The summed E-state index contributed by atoms with van der Waals surface area (Å²) in [7, 11) is 0. The third-order valence-electron chi connectivity index (χ3n) is 5.62. The number of amides is 1. The largest absolute Gasteiger partial charge is 0.372 e. The molecule has 0 bridgehead atoms. The lowest BCUT2D eigenvalue weighted by Crippen LogP contribution is -2.34. The lowest BCUT2D eigenvalue weighted by Gasteiger charge is -2.28. The zero-order chi connectivity index (χ0) is 21.5. The van der Waals surface area contributed by atoms with Gasteiger partial charge in [0.15, 0.2) is 0 Å². The van der Waals surface area contributed by atoms with E-state index in [2.05, 4.69) is 27.4 Å². The van der Waals surface area contributed by atoms with Gasteiger partial charge in [0.05, 0.1) is 5.69 Å². The monoisotopic (exact) mass is 416 g/mol. The van der Waals surface area contributed by atoms with Gasteiger partial charge in [-0.05, 0) is 49.4 Å². The Kier molecular flexibility index (Phi) is 6.77. The molecule has 1 aliphatic rings. The molecule has 2 heterocycles. The molecule has 3 aromatic rings. The fourth-order valence-electron chi connectivity index (χ4n) is 3.89. The minimum atomic E-state index is -0.285. The van der Waals surface area contributed by atoms with Crippen molar-refractivity contribution in [2.45, 2.75) is 32.2 Å². The third-order valence-corrected chi connectivity index (χ3v) is 5.62. The number of nitrogens with one attached hydrogen (secondary N) is 1. The first kappa shape index (κ1) is 20.8. The van der Waals surface area contributed by atoms with E-state index in [1.54, 1.807) is 6.07 Å². The molecule has 1 aromatic heterocycles. The molecule has 6 heteroatoms. The number of piperidine rings is 1. The van der Waals surface area contributed by atoms with E-state index in [9.17, 15) is 9.59 Å². The first-order chi connectivity index (χ1) is 15.2. The summed E-state index contributed by atoms with van der Waals surface area (Å²) < 4.78 is 1.23. The van der Waals surface area contributed by atoms with Gasteiger partial charge in [-0.15, -0.1) is 0 Å². The van der Waals surface area contributed by atoms with E-state index in [1.165, 1.54) is 35.7 Å². The fourth-order valence-corrected chi connectivity index (χ4v) is 3.89. The van der Waals surface area contributed by atoms with Crippen LogP contribution in [0.5, 0.6) is 0 Å². The molecule has 2 aromatic carbocycles. The number of hydrogen-bond donors (Lipinski definition) is 1. The Hall–Kier alpha value is -3.41. The summed E-state index contributed by atoms with van der Waals surface area (Å²) in [5.41, 5.74) is 3.70. The third kappa shape index (κ3) is 5.60. The van der Waals surface area contributed by atoms with Crippen LogP contribution in [0.2, 0.25) is 0 Å². The van der Waals surface area contributed by atoms with Crippen LogP contribution in [0.15, 0.2) is 71.5 Å². The number of nitrogens with zero attached hydrogens (tertiary/aromatic N) is 3. The van der Waals surface area contributed by atoms with Crippen molar-refractivity contribution in [3.8, 4) is 11.3 Å². The van der Waals surface area contributed by atoms with Gasteiger partial charge in [0, 0.05) is 37.0 Å². The van der Waals surface area contributed by atoms with Gasteiger partial charge >= 0.3 is 0 Å². The average Bonchev–Trinajstić information content (AvgIpc) is 2.82. The van der Waals surface area contributed by atoms with Crippen molar-refractivity contribution in [1.29, 1.82) is 0 Å². The van der Waals surface area contributed by atoms with Gasteiger partial charge in [-0.25, -0.2) is 4.68 Å². The van der Waals surface area contributed by atoms with Crippen molar-refractivity contribution >= 4 is 11.6 Å². The minimum absolute atomic E-state index is 0.0900. The Balaban J connectivity index is 1.38. The van der Waals surface area contributed by atoms with Crippen molar-refractivity contribution in [1.82, 2.24) is 15.1 Å². The predicted molar refractivity (Wildman–Crippen MR) is 123 cm³/mol. The quantitative estimate of drug-likeness (QED) is 0.642. The highest BCUT2D eigenvalue weighted by Gasteiger charge is 2.12. The highest BCUT2D eigenvalue weighted by atomic mass is 16.2. The van der Waals surface area contributed by atoms with Crippen molar-refractivity contribution in [3.63, 3.8) is 0 Å². The number of anilines is 1. The van der Waals surface area contributed by atoms with E-state index in [0.717, 1.165) is 30.6 Å². The molecule has 0 radical (unpaired) electrons. The topological polar surface area (TPSA) is 67.2 Å². The van der Waals surface area contributed by atoms with Crippen LogP contribution in [0.1, 0.15) is 24.8 Å². The van der Waals surface area contributed by atoms with Crippen molar-refractivity contribution in [3.05, 3.63) is 82.6 Å². The Labute approximate surface area is 182 Å². The van der Waals surface area contributed by atoms with Gasteiger partial charge in [-0.3, -0.25) is 9.59 Å². The Morgan fingerprint density at radius 3 is 2.39 bits per heavy atom. The minimum Gasteiger partial charge on any atom is -0.372 e. The Bertz CT molecular complexity index is 1050. The molecule has 6 nitrogen and oxygen atoms in total. The van der Waals surface area contributed by atoms with Gasteiger partial charge in [0.2, 0.25) is 5.91 Å². The summed E-state index contributed by atoms with van der Waals surface area (Å²) in [6.07, 6.45) is 4.53. The summed E-state index contributed by atoms with van der Waals surface area (Å²) in [5.74, 6) is -0.219. The van der Waals surface area contributed by atoms with Crippen molar-refractivity contribution in [2.75, 3.05) is 24.5 Å². The predicted octanol–water partition coefficient (Wildman–Crippen LogP) is 3.26. The van der Waals surface area contributed by atoms with Gasteiger partial charge in [0.1, 0.15) is 6.54 Å². The van der Waals surface area contributed by atoms with Gasteiger partial charge in [0.25, 0.3) is 5.56 Å². The second-order valence-electron chi connectivity index (χ2n) is 7.89. The lowest BCUT2D eigenvalue weighted by atomic mass is 10.1. The molecule has 0 unspecified atom stereocenters. The standard InChI is InChI=1S/C25H28N4O2/c30-24(26-16-15-20-7-3-1-4-8-20)19-29-25(31)14-13-23(27-29)21-9-11-22(12-10-21)28-17-5-2-6-18-28/h1,3-4,7-14H,2,5-6,15-19H2,(H,26,30). The SMILES string of the molecule is O=C(Cn1nc(-c2ccc(N3CCCCC3)cc2)ccc1=O)NCCc1ccccc1. The molecule has 160 valence electrons. The summed E-state index contributed by atoms with van der Waals surface area (Å²) in [6.45, 7) is 2.63. The average molecular weight is 417 g/mol. The molecule has 0 saturated carbocycles. The second-order valence-corrected chi connectivity index (χ2v) is 7.89. The normalized spacial score (nSPS) is 13.7. The van der Waals surface area contributed by atoms with E-state index in [0.29, 0.717) is 12.2 Å². The molecule has 1 saturated heterocycles. The number of hydrogen-bond acceptors (Lipinski definition) is 4. The summed E-state index contributed by atoms with van der Waals surface area (Å²) in [5, 5.41) is 7.29. The van der Waals surface area contributed by atoms with Crippen LogP contribution in [-0.2, 0) is 17.8 Å². The van der Waals surface area contributed by atoms with E-state index < -0.39 is 0 Å². The molecular formula is C25H28N4O2. The van der Waals surface area contributed by atoms with Gasteiger partial charge in [-0.2, -0.15) is 5.10 Å². The molecule has 0 atom stereocenters. The maximum Gasteiger partial charge on any atom is 0.267 e. The van der Waals surface area contributed by atoms with Crippen molar-refractivity contribution in [2.24, 2.45) is 0 Å². The van der Waals surface area contributed by atoms with Crippen LogP contribution in [0.25, 0.3) is 11.3 Å². The van der Waals surface area contributed by atoms with Crippen LogP contribution in [0, 0.1) is 0 Å². The van der Waals surface area contributed by atoms with Crippen LogP contribution >= 0.6 is 0 Å². The van der Waals surface area contributed by atoms with Crippen LogP contribution < -0.4 is 15.8 Å². The highest BCUT2D eigenvalue weighted by Crippen LogP contribution is 2.23. The number of carbonyl (C=O) groups is 1. The summed E-state index contributed by atoms with van der Waals surface area (Å²) >= 11 is 0. The number of benzene rings is 2. The first-order valence-electron chi connectivity index (χ1n) is 10.9. The van der Waals surface area contributed by atoms with E-state index in [1.807, 2.05) is 42.5 Å². The number of aromatic nitrogens is 2. The molecule has 1 aliphatic heterocycles. The van der Waals surface area contributed by atoms with Gasteiger partial charge in [-0.1, -0.05) is 42.5 Å². The van der Waals surface area contributed by atoms with Crippen LogP contribution in [0.3, 0.4) is 0 Å². The molecule has 1 N–H and O–H groups in total. The van der Waals surface area contributed by atoms with Crippen molar-refractivity contribution < 1.29 is 4.79 Å². The smallest absolute Gasteiger partial charge is 0.267 e. The van der Waals surface area contributed by atoms with Gasteiger partial charge < -0.3 is 10.2 Å².